The van der Waals surface area contributed by atoms with Gasteiger partial charge in [0.15, 0.2) is 0 Å². The summed E-state index contributed by atoms with van der Waals surface area (Å²) in [4.78, 5) is 8.98. The minimum absolute atomic E-state index is 0.230. The molecule has 6 heteroatoms. The van der Waals surface area contributed by atoms with Gasteiger partial charge in [-0.3, -0.25) is 0 Å². The topological polar surface area (TPSA) is 75.9 Å². The van der Waals surface area contributed by atoms with E-state index in [9.17, 15) is 0 Å². The van der Waals surface area contributed by atoms with E-state index in [-0.39, 0.29) is 5.92 Å². The van der Waals surface area contributed by atoms with Crippen LogP contribution >= 0.6 is 11.6 Å². The zero-order valence-corrected chi connectivity index (χ0v) is 13.2. The first-order chi connectivity index (χ1) is 10.0. The predicted molar refractivity (Wildman–Crippen MR) is 87.4 cm³/mol. The first-order valence-corrected chi connectivity index (χ1v) is 7.22. The molecule has 0 aliphatic heterocycles. The van der Waals surface area contributed by atoms with Gasteiger partial charge in [-0.2, -0.15) is 0 Å². The van der Waals surface area contributed by atoms with Gasteiger partial charge in [0.1, 0.15) is 17.5 Å². The molecule has 21 heavy (non-hydrogen) atoms. The highest BCUT2D eigenvalue weighted by molar-refractivity contribution is 6.30. The van der Waals surface area contributed by atoms with Crippen molar-refractivity contribution in [3.05, 3.63) is 46.2 Å². The lowest BCUT2D eigenvalue weighted by molar-refractivity contribution is 0.772. The van der Waals surface area contributed by atoms with Gasteiger partial charge in [-0.05, 0) is 24.6 Å². The maximum absolute atomic E-state index is 5.89. The largest absolute Gasteiger partial charge is 0.366 e. The second-order valence-electron chi connectivity index (χ2n) is 5.18. The molecule has 0 atom stereocenters. The molecule has 0 radical (unpaired) electrons. The number of hydrogen-bond acceptors (Lipinski definition) is 5. The molecule has 0 aliphatic carbocycles. The zero-order chi connectivity index (χ0) is 15.4. The van der Waals surface area contributed by atoms with Gasteiger partial charge in [0.05, 0.1) is 0 Å². The molecule has 0 spiro atoms. The maximum atomic E-state index is 5.89. The predicted octanol–water partition coefficient (Wildman–Crippen LogP) is 3.46. The normalized spacial score (nSPS) is 10.8. The number of hydrogen-bond donors (Lipinski definition) is 3. The van der Waals surface area contributed by atoms with Crippen LogP contribution in [0.3, 0.4) is 0 Å². The minimum atomic E-state index is 0.230. The monoisotopic (exact) mass is 305 g/mol. The van der Waals surface area contributed by atoms with Crippen molar-refractivity contribution in [1.29, 1.82) is 0 Å². The number of halogens is 1. The first-order valence-electron chi connectivity index (χ1n) is 6.84. The van der Waals surface area contributed by atoms with E-state index < -0.39 is 0 Å². The minimum Gasteiger partial charge on any atom is -0.366 e. The van der Waals surface area contributed by atoms with Crippen molar-refractivity contribution in [2.75, 3.05) is 10.7 Å². The Balaban J connectivity index is 2.22. The molecular formula is C15H20ClN5. The molecule has 0 saturated heterocycles. The molecule has 0 fully saturated rings. The fraction of sp³-hybridized carbons (Fsp3) is 0.333. The zero-order valence-electron chi connectivity index (χ0n) is 12.4. The third-order valence-electron chi connectivity index (χ3n) is 3.19. The van der Waals surface area contributed by atoms with Crippen molar-refractivity contribution in [1.82, 2.24) is 9.97 Å². The molecule has 0 amide bonds. The van der Waals surface area contributed by atoms with Crippen molar-refractivity contribution in [2.24, 2.45) is 5.84 Å². The number of nitrogens with two attached hydrogens (primary N) is 1. The summed E-state index contributed by atoms with van der Waals surface area (Å²) in [5, 5.41) is 4.06. The van der Waals surface area contributed by atoms with E-state index in [0.29, 0.717) is 12.4 Å². The third kappa shape index (κ3) is 3.83. The number of nitrogen functional groups attached to an aromatic ring is 1. The SMILES string of the molecule is Cc1c(NN)nc(C(C)C)nc1NCc1ccc(Cl)cc1. The van der Waals surface area contributed by atoms with E-state index in [0.717, 1.165) is 27.8 Å². The Morgan fingerprint density at radius 1 is 1.14 bits per heavy atom. The van der Waals surface area contributed by atoms with Crippen LogP contribution in [-0.4, -0.2) is 9.97 Å². The van der Waals surface area contributed by atoms with E-state index in [1.165, 1.54) is 0 Å². The molecule has 1 heterocycles. The lowest BCUT2D eigenvalue weighted by Crippen LogP contribution is -2.15. The number of anilines is 2. The van der Waals surface area contributed by atoms with Gasteiger partial charge in [0.25, 0.3) is 0 Å². The molecule has 1 aromatic carbocycles. The molecule has 0 saturated carbocycles. The average Bonchev–Trinajstić information content (AvgIpc) is 2.47. The molecule has 5 nitrogen and oxygen atoms in total. The van der Waals surface area contributed by atoms with Crippen molar-refractivity contribution in [3.8, 4) is 0 Å². The molecule has 0 unspecified atom stereocenters. The Kier molecular flexibility index (Phi) is 4.98. The van der Waals surface area contributed by atoms with E-state index in [4.69, 9.17) is 17.4 Å². The van der Waals surface area contributed by atoms with Gasteiger partial charge >= 0.3 is 0 Å². The molecule has 2 aromatic rings. The average molecular weight is 306 g/mol. The Hall–Kier alpha value is -1.85. The van der Waals surface area contributed by atoms with E-state index in [1.54, 1.807) is 0 Å². The standard InChI is InChI=1S/C15H20ClN5/c1-9(2)13-19-14(10(3)15(20-13)21-17)18-8-11-4-6-12(16)7-5-11/h4-7,9H,8,17H2,1-3H3,(H2,18,19,20,21). The Bertz CT molecular complexity index is 610. The lowest BCUT2D eigenvalue weighted by Gasteiger charge is -2.15. The van der Waals surface area contributed by atoms with Crippen molar-refractivity contribution < 1.29 is 0 Å². The highest BCUT2D eigenvalue weighted by atomic mass is 35.5. The van der Waals surface area contributed by atoms with E-state index in [1.807, 2.05) is 45.0 Å². The van der Waals surface area contributed by atoms with Crippen LogP contribution in [0.25, 0.3) is 0 Å². The highest BCUT2D eigenvalue weighted by Crippen LogP contribution is 2.23. The molecule has 0 aliphatic rings. The van der Waals surface area contributed by atoms with Crippen LogP contribution in [0.1, 0.15) is 36.7 Å². The fourth-order valence-electron chi connectivity index (χ4n) is 1.89. The summed E-state index contributed by atoms with van der Waals surface area (Å²) in [7, 11) is 0. The van der Waals surface area contributed by atoms with Gasteiger partial charge in [0.2, 0.25) is 0 Å². The van der Waals surface area contributed by atoms with Crippen LogP contribution in [0.2, 0.25) is 5.02 Å². The van der Waals surface area contributed by atoms with Crippen LogP contribution in [-0.2, 0) is 6.54 Å². The Morgan fingerprint density at radius 2 is 1.76 bits per heavy atom. The molecule has 4 N–H and O–H groups in total. The van der Waals surface area contributed by atoms with E-state index >= 15 is 0 Å². The van der Waals surface area contributed by atoms with Crippen molar-refractivity contribution in [3.63, 3.8) is 0 Å². The molecular weight excluding hydrogens is 286 g/mol. The van der Waals surface area contributed by atoms with Gasteiger partial charge in [-0.15, -0.1) is 0 Å². The maximum Gasteiger partial charge on any atom is 0.148 e. The second-order valence-corrected chi connectivity index (χ2v) is 5.62. The van der Waals surface area contributed by atoms with Crippen LogP contribution < -0.4 is 16.6 Å². The fourth-order valence-corrected chi connectivity index (χ4v) is 2.02. The van der Waals surface area contributed by atoms with Crippen LogP contribution in [0, 0.1) is 6.92 Å². The van der Waals surface area contributed by atoms with Crippen LogP contribution in [0.4, 0.5) is 11.6 Å². The summed E-state index contributed by atoms with van der Waals surface area (Å²) >= 11 is 5.89. The summed E-state index contributed by atoms with van der Waals surface area (Å²) in [5.74, 6) is 7.95. The van der Waals surface area contributed by atoms with Crippen molar-refractivity contribution in [2.45, 2.75) is 33.2 Å². The quantitative estimate of drug-likeness (QED) is 0.582. The van der Waals surface area contributed by atoms with Gasteiger partial charge in [-0.1, -0.05) is 37.6 Å². The summed E-state index contributed by atoms with van der Waals surface area (Å²) in [6.45, 7) is 6.70. The van der Waals surface area contributed by atoms with Gasteiger partial charge in [-0.25, -0.2) is 15.8 Å². The first kappa shape index (κ1) is 15.5. The number of nitrogens with zero attached hydrogens (tertiary/aromatic N) is 2. The lowest BCUT2D eigenvalue weighted by atomic mass is 10.2. The van der Waals surface area contributed by atoms with E-state index in [2.05, 4.69) is 20.7 Å². The smallest absolute Gasteiger partial charge is 0.148 e. The highest BCUT2D eigenvalue weighted by Gasteiger charge is 2.12. The second kappa shape index (κ2) is 6.74. The van der Waals surface area contributed by atoms with Crippen molar-refractivity contribution >= 4 is 23.2 Å². The molecule has 1 aromatic heterocycles. The number of nitrogens with one attached hydrogen (secondary N) is 2. The molecule has 112 valence electrons. The molecule has 0 bridgehead atoms. The van der Waals surface area contributed by atoms with Crippen LogP contribution in [0.5, 0.6) is 0 Å². The summed E-state index contributed by atoms with van der Waals surface area (Å²) in [5.41, 5.74) is 4.66. The third-order valence-corrected chi connectivity index (χ3v) is 3.44. The summed E-state index contributed by atoms with van der Waals surface area (Å²) in [6.07, 6.45) is 0. The van der Waals surface area contributed by atoms with Crippen LogP contribution in [0.15, 0.2) is 24.3 Å². The van der Waals surface area contributed by atoms with Gasteiger partial charge in [0, 0.05) is 23.0 Å². The number of benzene rings is 1. The Morgan fingerprint density at radius 3 is 2.33 bits per heavy atom. The number of aromatic nitrogens is 2. The summed E-state index contributed by atoms with van der Waals surface area (Å²) < 4.78 is 0. The number of rotatable bonds is 5. The van der Waals surface area contributed by atoms with Gasteiger partial charge < -0.3 is 10.7 Å². The Labute approximate surface area is 129 Å². The number of hydrazine groups is 1. The summed E-state index contributed by atoms with van der Waals surface area (Å²) in [6, 6.07) is 7.71. The molecule has 2 rings (SSSR count).